The Morgan fingerprint density at radius 1 is 1.05 bits per heavy atom. The zero-order valence-electron chi connectivity index (χ0n) is 12.8. The third-order valence-electron chi connectivity index (χ3n) is 5.26. The Morgan fingerprint density at radius 2 is 1.82 bits per heavy atom. The van der Waals surface area contributed by atoms with Crippen molar-refractivity contribution in [2.75, 3.05) is 19.6 Å². The van der Waals surface area contributed by atoms with Gasteiger partial charge in [-0.2, -0.15) is 5.10 Å². The van der Waals surface area contributed by atoms with Gasteiger partial charge in [-0.25, -0.2) is 0 Å². The lowest BCUT2D eigenvalue weighted by atomic mass is 9.84. The summed E-state index contributed by atoms with van der Waals surface area (Å²) in [6.07, 6.45) is 7.04. The molecule has 2 aliphatic heterocycles. The first-order chi connectivity index (χ1) is 10.7. The molecule has 1 saturated heterocycles. The van der Waals surface area contributed by atoms with Crippen molar-refractivity contribution in [3.63, 3.8) is 0 Å². The van der Waals surface area contributed by atoms with Gasteiger partial charge in [-0.15, -0.1) is 0 Å². The van der Waals surface area contributed by atoms with Gasteiger partial charge in [-0.05, 0) is 31.7 Å². The number of likely N-dealkylation sites (tertiary alicyclic amines) is 1. The molecule has 118 valence electrons. The summed E-state index contributed by atoms with van der Waals surface area (Å²) >= 11 is 0. The van der Waals surface area contributed by atoms with Gasteiger partial charge in [-0.1, -0.05) is 6.42 Å². The molecule has 1 saturated carbocycles. The number of fused-ring (bicyclic) bond motifs is 1. The van der Waals surface area contributed by atoms with Crippen molar-refractivity contribution in [3.05, 3.63) is 18.0 Å². The Labute approximate surface area is 130 Å². The second-order valence-electron chi connectivity index (χ2n) is 6.66. The summed E-state index contributed by atoms with van der Waals surface area (Å²) in [5.41, 5.74) is 0.969. The Morgan fingerprint density at radius 3 is 2.50 bits per heavy atom. The number of amides is 2. The normalized spacial score (nSPS) is 25.0. The first-order valence-electron chi connectivity index (χ1n) is 8.34. The maximum atomic E-state index is 12.8. The van der Waals surface area contributed by atoms with Crippen molar-refractivity contribution in [1.82, 2.24) is 19.6 Å². The van der Waals surface area contributed by atoms with E-state index in [1.165, 1.54) is 0 Å². The van der Waals surface area contributed by atoms with Gasteiger partial charge in [0.1, 0.15) is 6.04 Å². The number of carbonyl (C=O) groups is 2. The largest absolute Gasteiger partial charge is 0.341 e. The van der Waals surface area contributed by atoms with Crippen molar-refractivity contribution < 1.29 is 9.59 Å². The zero-order chi connectivity index (χ0) is 15.1. The van der Waals surface area contributed by atoms with Crippen LogP contribution in [-0.4, -0.2) is 51.0 Å². The van der Waals surface area contributed by atoms with Crippen LogP contribution in [0.5, 0.6) is 0 Å². The molecule has 0 radical (unpaired) electrons. The van der Waals surface area contributed by atoms with Crippen LogP contribution in [0.15, 0.2) is 12.3 Å². The molecule has 0 unspecified atom stereocenters. The Bertz CT molecular complexity index is 587. The van der Waals surface area contributed by atoms with E-state index in [1.54, 1.807) is 6.20 Å². The quantitative estimate of drug-likeness (QED) is 0.824. The molecule has 22 heavy (non-hydrogen) atoms. The van der Waals surface area contributed by atoms with Gasteiger partial charge in [0.25, 0.3) is 0 Å². The van der Waals surface area contributed by atoms with Crippen LogP contribution >= 0.6 is 0 Å². The molecule has 0 spiro atoms. The fraction of sp³-hybridized carbons (Fsp3) is 0.688. The molecule has 1 aromatic heterocycles. The van der Waals surface area contributed by atoms with Crippen LogP contribution in [0, 0.1) is 5.92 Å². The Hall–Kier alpha value is -1.85. The highest BCUT2D eigenvalue weighted by atomic mass is 16.2. The lowest BCUT2D eigenvalue weighted by Crippen LogP contribution is -2.49. The summed E-state index contributed by atoms with van der Waals surface area (Å²) in [5, 5.41) is 4.33. The van der Waals surface area contributed by atoms with Crippen LogP contribution in [0.1, 0.15) is 43.8 Å². The van der Waals surface area contributed by atoms with Gasteiger partial charge < -0.3 is 9.80 Å². The van der Waals surface area contributed by atoms with Gasteiger partial charge >= 0.3 is 0 Å². The van der Waals surface area contributed by atoms with Crippen molar-refractivity contribution in [1.29, 1.82) is 0 Å². The van der Waals surface area contributed by atoms with Gasteiger partial charge in [0.15, 0.2) is 0 Å². The summed E-state index contributed by atoms with van der Waals surface area (Å²) in [5.74, 6) is 0.517. The average molecular weight is 302 g/mol. The lowest BCUT2D eigenvalue weighted by Gasteiger charge is -2.38. The molecule has 2 amide bonds. The van der Waals surface area contributed by atoms with Crippen LogP contribution in [0.2, 0.25) is 0 Å². The number of aromatic nitrogens is 2. The molecular weight excluding hydrogens is 280 g/mol. The molecule has 3 aliphatic rings. The molecule has 0 N–H and O–H groups in total. The number of hydrogen-bond donors (Lipinski definition) is 0. The van der Waals surface area contributed by atoms with Crippen LogP contribution in [-0.2, 0) is 16.1 Å². The Kier molecular flexibility index (Phi) is 3.39. The summed E-state index contributed by atoms with van der Waals surface area (Å²) in [7, 11) is 0. The SMILES string of the molecule is O=C(C1CCC1)N1Cc2ccnn2[C@H](C(=O)N2CCCC2)C1. The molecule has 1 atom stereocenters. The predicted octanol–water partition coefficient (Wildman–Crippen LogP) is 1.19. The van der Waals surface area contributed by atoms with Crippen molar-refractivity contribution in [3.8, 4) is 0 Å². The standard InChI is InChI=1S/C16H22N4O2/c21-15(12-4-3-5-12)19-10-13-6-7-17-20(13)14(11-19)16(22)18-8-1-2-9-18/h6-7,12,14H,1-5,8-11H2/t14-/m0/s1. The first kappa shape index (κ1) is 13.8. The van der Waals surface area contributed by atoms with Crippen molar-refractivity contribution in [2.24, 2.45) is 5.92 Å². The van der Waals surface area contributed by atoms with E-state index in [4.69, 9.17) is 0 Å². The minimum atomic E-state index is -0.346. The highest BCUT2D eigenvalue weighted by Crippen LogP contribution is 2.31. The molecule has 6 heteroatoms. The van der Waals surface area contributed by atoms with Crippen molar-refractivity contribution in [2.45, 2.75) is 44.7 Å². The first-order valence-corrected chi connectivity index (χ1v) is 8.34. The van der Waals surface area contributed by atoms with Crippen LogP contribution < -0.4 is 0 Å². The molecular formula is C16H22N4O2. The Balaban J connectivity index is 1.57. The van der Waals surface area contributed by atoms with E-state index in [9.17, 15) is 9.59 Å². The van der Waals surface area contributed by atoms with Gasteiger partial charge in [0, 0.05) is 25.2 Å². The molecule has 1 aromatic rings. The smallest absolute Gasteiger partial charge is 0.249 e. The number of hydrogen-bond acceptors (Lipinski definition) is 3. The van der Waals surface area contributed by atoms with Crippen LogP contribution in [0.25, 0.3) is 0 Å². The molecule has 1 aliphatic carbocycles. The zero-order valence-corrected chi connectivity index (χ0v) is 12.8. The van der Waals surface area contributed by atoms with E-state index in [-0.39, 0.29) is 23.8 Å². The second-order valence-corrected chi connectivity index (χ2v) is 6.66. The molecule has 3 heterocycles. The summed E-state index contributed by atoms with van der Waals surface area (Å²) in [6.45, 7) is 2.73. The molecule has 6 nitrogen and oxygen atoms in total. The monoisotopic (exact) mass is 302 g/mol. The molecule has 2 fully saturated rings. The molecule has 0 bridgehead atoms. The van der Waals surface area contributed by atoms with E-state index in [2.05, 4.69) is 5.10 Å². The van der Waals surface area contributed by atoms with E-state index in [1.807, 2.05) is 20.5 Å². The fourth-order valence-corrected chi connectivity index (χ4v) is 3.71. The van der Waals surface area contributed by atoms with E-state index in [0.29, 0.717) is 13.1 Å². The summed E-state index contributed by atoms with van der Waals surface area (Å²) < 4.78 is 1.82. The predicted molar refractivity (Wildman–Crippen MR) is 79.8 cm³/mol. The highest BCUT2D eigenvalue weighted by Gasteiger charge is 2.38. The molecule has 0 aromatic carbocycles. The minimum Gasteiger partial charge on any atom is -0.341 e. The van der Waals surface area contributed by atoms with E-state index < -0.39 is 0 Å². The van der Waals surface area contributed by atoms with Gasteiger partial charge in [-0.3, -0.25) is 14.3 Å². The van der Waals surface area contributed by atoms with Crippen molar-refractivity contribution >= 4 is 11.8 Å². The summed E-state index contributed by atoms with van der Waals surface area (Å²) in [6, 6.07) is 1.57. The number of nitrogens with zero attached hydrogens (tertiary/aromatic N) is 4. The maximum Gasteiger partial charge on any atom is 0.249 e. The highest BCUT2D eigenvalue weighted by molar-refractivity contribution is 5.84. The van der Waals surface area contributed by atoms with E-state index >= 15 is 0 Å². The molecule has 4 rings (SSSR count). The third-order valence-corrected chi connectivity index (χ3v) is 5.26. The van der Waals surface area contributed by atoms with Crippen LogP contribution in [0.4, 0.5) is 0 Å². The second kappa shape index (κ2) is 5.41. The van der Waals surface area contributed by atoms with Gasteiger partial charge in [0.05, 0.1) is 18.8 Å². The van der Waals surface area contributed by atoms with E-state index in [0.717, 1.165) is 50.9 Å². The average Bonchev–Trinajstić information content (AvgIpc) is 3.14. The minimum absolute atomic E-state index is 0.119. The lowest BCUT2D eigenvalue weighted by molar-refractivity contribution is -0.143. The number of carbonyl (C=O) groups excluding carboxylic acids is 2. The van der Waals surface area contributed by atoms with Crippen LogP contribution in [0.3, 0.4) is 0 Å². The topological polar surface area (TPSA) is 58.4 Å². The number of rotatable bonds is 2. The fourth-order valence-electron chi connectivity index (χ4n) is 3.71. The third kappa shape index (κ3) is 2.21. The maximum absolute atomic E-state index is 12.8. The summed E-state index contributed by atoms with van der Waals surface area (Å²) in [4.78, 5) is 29.2. The van der Waals surface area contributed by atoms with Gasteiger partial charge in [0.2, 0.25) is 11.8 Å².